The maximum atomic E-state index is 12.8. The molecule has 0 aliphatic heterocycles. The van der Waals surface area contributed by atoms with Crippen molar-refractivity contribution < 1.29 is 18.0 Å². The molecular formula is C19H20F3N5OS. The van der Waals surface area contributed by atoms with Crippen molar-refractivity contribution in [1.29, 1.82) is 0 Å². The molecule has 0 spiro atoms. The summed E-state index contributed by atoms with van der Waals surface area (Å²) in [5, 5.41) is 12.1. The Kier molecular flexibility index (Phi) is 5.83. The fraction of sp³-hybridized carbons (Fsp3) is 0.368. The number of carbonyl (C=O) groups is 1. The van der Waals surface area contributed by atoms with Crippen LogP contribution in [-0.4, -0.2) is 42.5 Å². The van der Waals surface area contributed by atoms with Crippen LogP contribution in [0.2, 0.25) is 0 Å². The highest BCUT2D eigenvalue weighted by Crippen LogP contribution is 2.26. The lowest BCUT2D eigenvalue weighted by molar-refractivity contribution is -0.141. The van der Waals surface area contributed by atoms with Crippen LogP contribution in [0.3, 0.4) is 0 Å². The number of halogens is 3. The number of Topliss-reactive ketones (excluding diaryl/α,β-unsaturated/α-hetero) is 1. The Morgan fingerprint density at radius 2 is 1.86 bits per heavy atom. The molecule has 3 rings (SSSR count). The van der Waals surface area contributed by atoms with E-state index >= 15 is 0 Å². The van der Waals surface area contributed by atoms with Crippen molar-refractivity contribution in [3.05, 3.63) is 52.3 Å². The van der Waals surface area contributed by atoms with Crippen LogP contribution >= 0.6 is 11.8 Å². The van der Waals surface area contributed by atoms with Crippen LogP contribution in [0.5, 0.6) is 0 Å². The van der Waals surface area contributed by atoms with Gasteiger partial charge in [0, 0.05) is 17.0 Å². The molecule has 0 aliphatic carbocycles. The van der Waals surface area contributed by atoms with Gasteiger partial charge in [0.2, 0.25) is 5.16 Å². The number of aromatic nitrogens is 5. The summed E-state index contributed by atoms with van der Waals surface area (Å²) in [7, 11) is 0. The van der Waals surface area contributed by atoms with E-state index in [2.05, 4.69) is 15.5 Å². The molecule has 0 unspecified atom stereocenters. The van der Waals surface area contributed by atoms with E-state index in [-0.39, 0.29) is 17.1 Å². The SMILES string of the molecule is Cc1ccc(-n2nnnc2SCC(=O)c2cc(C)n(CC(F)(F)F)c2C)c(C)c1. The van der Waals surface area contributed by atoms with Crippen LogP contribution in [0, 0.1) is 27.7 Å². The van der Waals surface area contributed by atoms with Crippen LogP contribution in [0.15, 0.2) is 29.4 Å². The number of aryl methyl sites for hydroxylation is 3. The van der Waals surface area contributed by atoms with E-state index in [0.29, 0.717) is 16.5 Å². The molecule has 154 valence electrons. The van der Waals surface area contributed by atoms with E-state index in [1.165, 1.54) is 13.0 Å². The maximum Gasteiger partial charge on any atom is 0.406 e. The fourth-order valence-corrected chi connectivity index (χ4v) is 3.94. The summed E-state index contributed by atoms with van der Waals surface area (Å²) in [5.74, 6) is -0.256. The van der Waals surface area contributed by atoms with Crippen molar-refractivity contribution in [2.75, 3.05) is 5.75 Å². The first kappa shape index (κ1) is 21.1. The predicted octanol–water partition coefficient (Wildman–Crippen LogP) is 4.23. The second-order valence-electron chi connectivity index (χ2n) is 6.86. The third-order valence-corrected chi connectivity index (χ3v) is 5.48. The number of tetrazole rings is 1. The number of thioether (sulfide) groups is 1. The van der Waals surface area contributed by atoms with Gasteiger partial charge in [-0.15, -0.1) is 5.10 Å². The summed E-state index contributed by atoms with van der Waals surface area (Å²) in [6.45, 7) is 5.90. The third-order valence-electron chi connectivity index (χ3n) is 4.57. The summed E-state index contributed by atoms with van der Waals surface area (Å²) in [6.07, 6.45) is -4.35. The molecule has 10 heteroatoms. The highest BCUT2D eigenvalue weighted by Gasteiger charge is 2.30. The molecule has 0 saturated heterocycles. The molecule has 0 radical (unpaired) electrons. The summed E-state index contributed by atoms with van der Waals surface area (Å²) in [4.78, 5) is 12.7. The summed E-state index contributed by atoms with van der Waals surface area (Å²) in [6, 6.07) is 7.35. The molecule has 1 aromatic carbocycles. The van der Waals surface area contributed by atoms with E-state index < -0.39 is 12.7 Å². The van der Waals surface area contributed by atoms with Gasteiger partial charge in [0.15, 0.2) is 5.78 Å². The number of ketones is 1. The van der Waals surface area contributed by atoms with E-state index in [1.807, 2.05) is 32.0 Å². The maximum absolute atomic E-state index is 12.8. The van der Waals surface area contributed by atoms with Crippen LogP contribution in [0.25, 0.3) is 5.69 Å². The molecule has 0 aliphatic rings. The van der Waals surface area contributed by atoms with Gasteiger partial charge in [-0.25, -0.2) is 0 Å². The van der Waals surface area contributed by atoms with E-state index in [1.54, 1.807) is 11.6 Å². The average Bonchev–Trinajstić information content (AvgIpc) is 3.18. The van der Waals surface area contributed by atoms with Gasteiger partial charge in [-0.2, -0.15) is 17.9 Å². The van der Waals surface area contributed by atoms with Crippen molar-refractivity contribution in [3.63, 3.8) is 0 Å². The zero-order valence-electron chi connectivity index (χ0n) is 16.4. The number of alkyl halides is 3. The Balaban J connectivity index is 1.78. The van der Waals surface area contributed by atoms with Crippen LogP contribution in [0.1, 0.15) is 32.9 Å². The lowest BCUT2D eigenvalue weighted by Gasteiger charge is -2.12. The number of benzene rings is 1. The van der Waals surface area contributed by atoms with Crippen LogP contribution in [-0.2, 0) is 6.54 Å². The topological polar surface area (TPSA) is 65.6 Å². The molecular weight excluding hydrogens is 403 g/mol. The van der Waals surface area contributed by atoms with Crippen LogP contribution < -0.4 is 0 Å². The van der Waals surface area contributed by atoms with Crippen molar-refractivity contribution in [3.8, 4) is 5.69 Å². The largest absolute Gasteiger partial charge is 0.406 e. The second kappa shape index (κ2) is 8.02. The van der Waals surface area contributed by atoms with Gasteiger partial charge >= 0.3 is 6.18 Å². The van der Waals surface area contributed by atoms with Gasteiger partial charge in [-0.3, -0.25) is 4.79 Å². The minimum absolute atomic E-state index is 0.0155. The molecule has 0 N–H and O–H groups in total. The Morgan fingerprint density at radius 1 is 1.14 bits per heavy atom. The summed E-state index contributed by atoms with van der Waals surface area (Å²) < 4.78 is 41.0. The first-order valence-electron chi connectivity index (χ1n) is 8.82. The Morgan fingerprint density at radius 3 is 2.52 bits per heavy atom. The number of hydrogen-bond acceptors (Lipinski definition) is 5. The quantitative estimate of drug-likeness (QED) is 0.438. The van der Waals surface area contributed by atoms with Gasteiger partial charge in [0.25, 0.3) is 0 Å². The first-order valence-corrected chi connectivity index (χ1v) is 9.81. The molecule has 0 saturated carbocycles. The average molecular weight is 423 g/mol. The second-order valence-corrected chi connectivity index (χ2v) is 7.80. The first-order chi connectivity index (χ1) is 13.6. The number of carbonyl (C=O) groups excluding carboxylic acids is 1. The molecule has 0 amide bonds. The highest BCUT2D eigenvalue weighted by atomic mass is 32.2. The van der Waals surface area contributed by atoms with E-state index in [0.717, 1.165) is 33.1 Å². The molecule has 6 nitrogen and oxygen atoms in total. The lowest BCUT2D eigenvalue weighted by atomic mass is 10.1. The van der Waals surface area contributed by atoms with Gasteiger partial charge in [-0.05, 0) is 55.8 Å². The summed E-state index contributed by atoms with van der Waals surface area (Å²) in [5.41, 5.74) is 3.88. The number of hydrogen-bond donors (Lipinski definition) is 0. The third kappa shape index (κ3) is 4.69. The summed E-state index contributed by atoms with van der Waals surface area (Å²) >= 11 is 1.15. The number of rotatable bonds is 6. The van der Waals surface area contributed by atoms with Crippen molar-refractivity contribution >= 4 is 17.5 Å². The zero-order valence-corrected chi connectivity index (χ0v) is 17.2. The molecule has 0 fully saturated rings. The van der Waals surface area contributed by atoms with Gasteiger partial charge in [0.05, 0.1) is 11.4 Å². The molecule has 2 aromatic heterocycles. The molecule has 0 atom stereocenters. The monoisotopic (exact) mass is 423 g/mol. The lowest BCUT2D eigenvalue weighted by Crippen LogP contribution is -2.19. The predicted molar refractivity (Wildman–Crippen MR) is 104 cm³/mol. The number of nitrogens with zero attached hydrogens (tertiary/aromatic N) is 5. The minimum atomic E-state index is -4.35. The Labute approximate surface area is 170 Å². The normalized spacial score (nSPS) is 11.8. The smallest absolute Gasteiger partial charge is 0.339 e. The zero-order chi connectivity index (χ0) is 21.3. The Bertz CT molecular complexity index is 1050. The minimum Gasteiger partial charge on any atom is -0.339 e. The molecule has 3 aromatic rings. The molecule has 0 bridgehead atoms. The van der Waals surface area contributed by atoms with Crippen molar-refractivity contribution in [2.24, 2.45) is 0 Å². The van der Waals surface area contributed by atoms with E-state index in [4.69, 9.17) is 0 Å². The molecule has 2 heterocycles. The molecule has 29 heavy (non-hydrogen) atoms. The highest BCUT2D eigenvalue weighted by molar-refractivity contribution is 7.99. The van der Waals surface area contributed by atoms with Gasteiger partial charge < -0.3 is 4.57 Å². The van der Waals surface area contributed by atoms with Gasteiger partial charge in [0.1, 0.15) is 6.54 Å². The van der Waals surface area contributed by atoms with Crippen molar-refractivity contribution in [1.82, 2.24) is 24.8 Å². The van der Waals surface area contributed by atoms with Crippen LogP contribution in [0.4, 0.5) is 13.2 Å². The fourth-order valence-electron chi connectivity index (χ4n) is 3.18. The Hall–Kier alpha value is -2.62. The van der Waals surface area contributed by atoms with Gasteiger partial charge in [-0.1, -0.05) is 29.5 Å². The van der Waals surface area contributed by atoms with E-state index in [9.17, 15) is 18.0 Å². The van der Waals surface area contributed by atoms with Crippen molar-refractivity contribution in [2.45, 2.75) is 45.6 Å². The standard InChI is InChI=1S/C19H20F3N5OS/c1-11-5-6-16(12(2)7-11)27-18(23-24-25-27)29-9-17(28)15-8-13(3)26(14(15)4)10-19(20,21)22/h5-8H,9-10H2,1-4H3.